The smallest absolute Gasteiger partial charge is 0.0889 e. The second-order valence-electron chi connectivity index (χ2n) is 14.7. The maximum Gasteiger partial charge on any atom is 0.0889 e. The molecule has 0 bridgehead atoms. The van der Waals surface area contributed by atoms with Gasteiger partial charge in [0.1, 0.15) is 0 Å². The Kier molecular flexibility index (Phi) is 53.3. The summed E-state index contributed by atoms with van der Waals surface area (Å²) in [4.78, 5) is 17.9. The van der Waals surface area contributed by atoms with Crippen LogP contribution in [-0.4, -0.2) is 19.9 Å². The van der Waals surface area contributed by atoms with Crippen molar-refractivity contribution in [2.75, 3.05) is 0 Å². The fourth-order valence-corrected chi connectivity index (χ4v) is 4.15. The van der Waals surface area contributed by atoms with Gasteiger partial charge in [-0.2, -0.15) is 0 Å². The summed E-state index contributed by atoms with van der Waals surface area (Å²) in [5.41, 5.74) is 9.42. The summed E-state index contributed by atoms with van der Waals surface area (Å²) in [7, 11) is 0. The van der Waals surface area contributed by atoms with Crippen LogP contribution in [0.3, 0.4) is 0 Å². The van der Waals surface area contributed by atoms with Crippen molar-refractivity contribution < 1.29 is 134 Å². The summed E-state index contributed by atoms with van der Waals surface area (Å²) in [5, 5.41) is 0. The Hall–Kier alpha value is -1.25. The Balaban J connectivity index is -0.0000000519. The maximum absolute atomic E-state index is 4.48. The van der Waals surface area contributed by atoms with Crippen molar-refractivity contribution in [3.8, 4) is 22.8 Å². The molecule has 0 aliphatic rings. The number of pyridine rings is 4. The minimum atomic E-state index is 0. The van der Waals surface area contributed by atoms with Crippen LogP contribution in [0.15, 0.2) is 73.3 Å². The van der Waals surface area contributed by atoms with E-state index in [9.17, 15) is 0 Å². The molecule has 2 radical (unpaired) electrons. The molecule has 0 aliphatic carbocycles. The van der Waals surface area contributed by atoms with E-state index in [4.69, 9.17) is 0 Å². The van der Waals surface area contributed by atoms with E-state index in [0.717, 1.165) is 22.8 Å². The molecule has 0 N–H and O–H groups in total. The van der Waals surface area contributed by atoms with Crippen molar-refractivity contribution >= 4 is 0 Å². The number of hydrogen-bond acceptors (Lipinski definition) is 4. The average Bonchev–Trinajstić information content (AvgIpc) is 2.87. The zero-order valence-corrected chi connectivity index (χ0v) is 39.3. The summed E-state index contributed by atoms with van der Waals surface area (Å²) in [6, 6.07) is 16.9. The van der Waals surface area contributed by atoms with Crippen molar-refractivity contribution in [1.82, 2.24) is 19.9 Å². The van der Waals surface area contributed by atoms with Crippen molar-refractivity contribution in [2.45, 2.75) is 105 Å². The number of aromatic nitrogens is 4. The van der Waals surface area contributed by atoms with Crippen LogP contribution in [0, 0.1) is 0 Å². The van der Waals surface area contributed by atoms with E-state index in [1.165, 1.54) is 22.3 Å². The Morgan fingerprint density at radius 2 is 0.426 bits per heavy atom. The standard InChI is InChI=1S/2C18H24N2.2Mo.10O.2V/c2*1-17(2,3)13-7-9-19-15(11-13)16-12-14(8-10-20-16)18(4,5)6;;;;;;;;;;;;;;/h2*7-12H,1-6H3;;;;;;;;;;;;;;/q;;;;10*-2;;. The van der Waals surface area contributed by atoms with E-state index < -0.39 is 0 Å². The third kappa shape index (κ3) is 25.1. The van der Waals surface area contributed by atoms with Crippen molar-refractivity contribution in [1.29, 1.82) is 0 Å². The molecule has 4 rings (SSSR count). The van der Waals surface area contributed by atoms with Crippen LogP contribution in [0.5, 0.6) is 0 Å². The molecule has 4 aromatic heterocycles. The molecule has 54 heavy (non-hydrogen) atoms. The SMILES string of the molecule is CC(C)(C)c1ccnc(-c2cc(C(C)(C)C)ccn2)c1.CC(C)(C)c1ccnc(-c2cc(C(C)(C)C)ccn2)c1.[Mo].[Mo].[O-2].[O-2].[O-2].[O-2].[O-2].[O-2].[O-2].[O-2].[O-2].[O-2].[V].[V]. The second-order valence-corrected chi connectivity index (χ2v) is 14.7. The molecule has 18 heteroatoms. The van der Waals surface area contributed by atoms with Gasteiger partial charge >= 0.3 is 0 Å². The fourth-order valence-electron chi connectivity index (χ4n) is 4.15. The fraction of sp³-hybridized carbons (Fsp3) is 0.444. The Bertz CT molecular complexity index is 1260. The molecule has 0 atom stereocenters. The van der Waals surface area contributed by atoms with Gasteiger partial charge in [-0.05, 0) is 92.4 Å². The molecule has 0 amide bonds. The molecule has 0 aliphatic heterocycles. The van der Waals surface area contributed by atoms with Gasteiger partial charge in [0, 0.05) is 104 Å². The van der Waals surface area contributed by atoms with Gasteiger partial charge < -0.3 is 54.8 Å². The van der Waals surface area contributed by atoms with E-state index in [1.54, 1.807) is 0 Å². The zero-order valence-electron chi connectivity index (χ0n) is 32.5. The summed E-state index contributed by atoms with van der Waals surface area (Å²) >= 11 is 0. The molecule has 14 nitrogen and oxygen atoms in total. The van der Waals surface area contributed by atoms with Crippen LogP contribution in [0.1, 0.15) is 105 Å². The third-order valence-electron chi connectivity index (χ3n) is 7.03. The van der Waals surface area contributed by atoms with Gasteiger partial charge in [-0.15, -0.1) is 0 Å². The Morgan fingerprint density at radius 1 is 0.296 bits per heavy atom. The molecular formula is C36H48Mo2N4O10V2-20. The molecule has 0 spiro atoms. The Labute approximate surface area is 374 Å². The predicted molar refractivity (Wildman–Crippen MR) is 177 cm³/mol. The monoisotopic (exact) mass is 994 g/mol. The molecule has 0 saturated carbocycles. The van der Waals surface area contributed by atoms with Crippen LogP contribution in [0.4, 0.5) is 0 Å². The second kappa shape index (κ2) is 33.8. The largest absolute Gasteiger partial charge is 2.00 e. The first-order valence-corrected chi connectivity index (χ1v) is 14.2. The van der Waals surface area contributed by atoms with Crippen molar-refractivity contribution in [3.63, 3.8) is 0 Å². The number of hydrogen-bond donors (Lipinski definition) is 0. The van der Waals surface area contributed by atoms with E-state index >= 15 is 0 Å². The quantitative estimate of drug-likeness (QED) is 0.179. The number of rotatable bonds is 2. The molecular weight excluding hydrogens is 942 g/mol. The Morgan fingerprint density at radius 3 is 0.537 bits per heavy atom. The van der Waals surface area contributed by atoms with Crippen LogP contribution in [-0.2, 0) is 156 Å². The summed E-state index contributed by atoms with van der Waals surface area (Å²) in [6.07, 6.45) is 7.51. The zero-order chi connectivity index (χ0) is 29.9. The van der Waals surface area contributed by atoms with Gasteiger partial charge in [-0.3, -0.25) is 19.9 Å². The summed E-state index contributed by atoms with van der Waals surface area (Å²) in [5.74, 6) is 0. The predicted octanol–water partition coefficient (Wildman–Crippen LogP) is 8.28. The minimum Gasteiger partial charge on any atom is -2.00 e. The maximum atomic E-state index is 4.48. The number of nitrogens with zero attached hydrogens (tertiary/aromatic N) is 4. The van der Waals surface area contributed by atoms with E-state index in [2.05, 4.69) is 152 Å². The third-order valence-corrected chi connectivity index (χ3v) is 7.03. The van der Waals surface area contributed by atoms with Gasteiger partial charge in [0.05, 0.1) is 22.8 Å². The van der Waals surface area contributed by atoms with Crippen LogP contribution >= 0.6 is 0 Å². The van der Waals surface area contributed by atoms with E-state index in [1.807, 2.05) is 24.8 Å². The summed E-state index contributed by atoms with van der Waals surface area (Å²) < 4.78 is 0. The van der Waals surface area contributed by atoms with Crippen molar-refractivity contribution in [2.24, 2.45) is 0 Å². The minimum absolute atomic E-state index is 0. The molecule has 4 heterocycles. The summed E-state index contributed by atoms with van der Waals surface area (Å²) in [6.45, 7) is 26.6. The van der Waals surface area contributed by atoms with Gasteiger partial charge in [0.15, 0.2) is 0 Å². The van der Waals surface area contributed by atoms with Gasteiger partial charge in [0.2, 0.25) is 0 Å². The molecule has 4 aromatic rings. The van der Waals surface area contributed by atoms with E-state index in [-0.39, 0.29) is 156 Å². The van der Waals surface area contributed by atoms with Gasteiger partial charge in [-0.1, -0.05) is 83.1 Å². The van der Waals surface area contributed by atoms with Crippen LogP contribution in [0.25, 0.3) is 22.8 Å². The molecule has 0 fully saturated rings. The molecule has 0 saturated heterocycles. The van der Waals surface area contributed by atoms with Gasteiger partial charge in [0.25, 0.3) is 0 Å². The van der Waals surface area contributed by atoms with Crippen LogP contribution in [0.2, 0.25) is 0 Å². The average molecular weight is 991 g/mol. The topological polar surface area (TPSA) is 337 Å². The van der Waals surface area contributed by atoms with E-state index in [0.29, 0.717) is 0 Å². The van der Waals surface area contributed by atoms with Crippen LogP contribution < -0.4 is 0 Å². The first kappa shape index (κ1) is 85.1. The van der Waals surface area contributed by atoms with Crippen molar-refractivity contribution in [3.05, 3.63) is 95.6 Å². The first-order valence-electron chi connectivity index (χ1n) is 14.2. The normalized spacial score (nSPS) is 9.26. The van der Waals surface area contributed by atoms with Gasteiger partial charge in [-0.25, -0.2) is 0 Å². The molecule has 314 valence electrons. The molecule has 0 aromatic carbocycles. The molecule has 0 unspecified atom stereocenters. The first-order chi connectivity index (χ1) is 18.4.